The number of rotatable bonds is 4. The van der Waals surface area contributed by atoms with Gasteiger partial charge in [-0.1, -0.05) is 24.3 Å². The molecule has 1 aromatic carbocycles. The lowest BCUT2D eigenvalue weighted by molar-refractivity contribution is 0.0171. The topological polar surface area (TPSA) is 25.9 Å². The van der Waals surface area contributed by atoms with Crippen molar-refractivity contribution in [2.75, 3.05) is 105 Å². The van der Waals surface area contributed by atoms with Gasteiger partial charge in [0.2, 0.25) is 0 Å². The molecule has 0 aliphatic carbocycles. The zero-order valence-corrected chi connectivity index (χ0v) is 20.8. The van der Waals surface area contributed by atoms with Crippen molar-refractivity contribution in [3.63, 3.8) is 0 Å². The van der Waals surface area contributed by atoms with Gasteiger partial charge in [-0.05, 0) is 11.1 Å². The summed E-state index contributed by atoms with van der Waals surface area (Å²) in [6.45, 7) is 21.8. The second kappa shape index (κ2) is 9.41. The Bertz CT molecular complexity index is 760. The van der Waals surface area contributed by atoms with Crippen LogP contribution in [0.3, 0.4) is 0 Å². The largest absolute Gasteiger partial charge is 0.297 e. The molecule has 0 radical (unpaired) electrons. The molecule has 0 N–H and O–H groups in total. The van der Waals surface area contributed by atoms with Crippen LogP contribution < -0.4 is 0 Å². The monoisotopic (exact) mass is 466 g/mol. The van der Waals surface area contributed by atoms with E-state index >= 15 is 0 Å². The molecule has 0 spiro atoms. The predicted octanol–water partition coefficient (Wildman–Crippen LogP) is -0.249. The third-order valence-electron chi connectivity index (χ3n) is 9.27. The highest BCUT2D eigenvalue weighted by Gasteiger charge is 2.42. The summed E-state index contributed by atoms with van der Waals surface area (Å²) in [5.74, 6) is 0. The van der Waals surface area contributed by atoms with Gasteiger partial charge in [0.25, 0.3) is 0 Å². The molecule has 8 heteroatoms. The number of hydrogen-bond donors (Lipinski definition) is 0. The molecule has 1 aromatic rings. The third kappa shape index (κ3) is 4.22. The van der Waals surface area contributed by atoms with Crippen LogP contribution in [0, 0.1) is 0 Å². The van der Waals surface area contributed by atoms with Crippen LogP contribution in [-0.2, 0) is 13.1 Å². The number of benzene rings is 1. The molecule has 0 saturated carbocycles. The molecule has 0 unspecified atom stereocenters. The lowest BCUT2D eigenvalue weighted by Crippen LogP contribution is -2.52. The molecule has 34 heavy (non-hydrogen) atoms. The van der Waals surface area contributed by atoms with Crippen molar-refractivity contribution in [2.24, 2.45) is 0 Å². The second-order valence-electron chi connectivity index (χ2n) is 11.3. The highest BCUT2D eigenvalue weighted by Crippen LogP contribution is 2.26. The van der Waals surface area contributed by atoms with Crippen LogP contribution in [0.15, 0.2) is 24.3 Å². The SMILES string of the molecule is c1cc(CN2CCN3CCN4CCN(CC2)C34)cc(CN2CCN3CCN4CCN(CC2)C34)c1. The standard InChI is InChI=1S/C26H42N8/c1-2-23(21-27-4-8-29-12-16-33-17-13-30(9-5-27)25(29)33)20-24(3-1)22-28-6-10-31-14-18-34-19-15-32(11-7-28)26(31)34/h1-3,20,25-26H,4-19,21-22H2. The summed E-state index contributed by atoms with van der Waals surface area (Å²) in [6.07, 6.45) is 1.20. The Labute approximate surface area is 205 Å². The molecule has 6 aliphatic rings. The van der Waals surface area contributed by atoms with E-state index in [4.69, 9.17) is 0 Å². The Kier molecular flexibility index (Phi) is 6.12. The lowest BCUT2D eigenvalue weighted by Gasteiger charge is -2.38. The third-order valence-corrected chi connectivity index (χ3v) is 9.27. The Hall–Kier alpha value is -1.10. The van der Waals surface area contributed by atoms with Gasteiger partial charge < -0.3 is 0 Å². The maximum Gasteiger partial charge on any atom is 0.119 e. The normalized spacial score (nSPS) is 29.9. The Morgan fingerprint density at radius 3 is 1.06 bits per heavy atom. The van der Waals surface area contributed by atoms with Gasteiger partial charge in [0.15, 0.2) is 0 Å². The maximum absolute atomic E-state index is 2.71. The van der Waals surface area contributed by atoms with Gasteiger partial charge in [0.1, 0.15) is 12.6 Å². The van der Waals surface area contributed by atoms with Gasteiger partial charge in [-0.2, -0.15) is 0 Å². The molecule has 6 fully saturated rings. The molecule has 0 atom stereocenters. The van der Waals surface area contributed by atoms with E-state index in [1.807, 2.05) is 0 Å². The summed E-state index contributed by atoms with van der Waals surface area (Å²) >= 11 is 0. The molecule has 0 aromatic heterocycles. The van der Waals surface area contributed by atoms with E-state index in [0.29, 0.717) is 12.6 Å². The first-order valence-corrected chi connectivity index (χ1v) is 13.8. The Balaban J connectivity index is 0.972. The van der Waals surface area contributed by atoms with Gasteiger partial charge >= 0.3 is 0 Å². The van der Waals surface area contributed by atoms with E-state index in [0.717, 1.165) is 13.1 Å². The summed E-state index contributed by atoms with van der Waals surface area (Å²) in [5.41, 5.74) is 2.97. The van der Waals surface area contributed by atoms with Crippen molar-refractivity contribution in [3.8, 4) is 0 Å². The van der Waals surface area contributed by atoms with Crippen molar-refractivity contribution < 1.29 is 0 Å². The fourth-order valence-electron chi connectivity index (χ4n) is 7.43. The van der Waals surface area contributed by atoms with Gasteiger partial charge in [0, 0.05) is 118 Å². The van der Waals surface area contributed by atoms with E-state index in [-0.39, 0.29) is 0 Å². The quantitative estimate of drug-likeness (QED) is 0.600. The zero-order chi connectivity index (χ0) is 22.5. The number of nitrogens with zero attached hydrogens (tertiary/aromatic N) is 8. The summed E-state index contributed by atoms with van der Waals surface area (Å²) < 4.78 is 0. The van der Waals surface area contributed by atoms with Gasteiger partial charge in [-0.15, -0.1) is 0 Å². The minimum atomic E-state index is 0.600. The van der Waals surface area contributed by atoms with Crippen molar-refractivity contribution in [3.05, 3.63) is 35.4 Å². The van der Waals surface area contributed by atoms with E-state index < -0.39 is 0 Å². The first kappa shape index (κ1) is 22.1. The van der Waals surface area contributed by atoms with Crippen LogP contribution in [0.25, 0.3) is 0 Å². The highest BCUT2D eigenvalue weighted by molar-refractivity contribution is 5.23. The van der Waals surface area contributed by atoms with Crippen molar-refractivity contribution in [1.29, 1.82) is 0 Å². The Morgan fingerprint density at radius 1 is 0.441 bits per heavy atom. The second-order valence-corrected chi connectivity index (χ2v) is 11.3. The molecule has 186 valence electrons. The van der Waals surface area contributed by atoms with Crippen LogP contribution in [0.5, 0.6) is 0 Å². The first-order valence-electron chi connectivity index (χ1n) is 13.8. The molecule has 6 aliphatic heterocycles. The fourth-order valence-corrected chi connectivity index (χ4v) is 7.43. The van der Waals surface area contributed by atoms with E-state index in [2.05, 4.69) is 63.5 Å². The van der Waals surface area contributed by atoms with Crippen molar-refractivity contribution in [1.82, 2.24) is 39.2 Å². The van der Waals surface area contributed by atoms with Crippen LogP contribution in [-0.4, -0.2) is 156 Å². The van der Waals surface area contributed by atoms with Crippen LogP contribution in [0.1, 0.15) is 11.1 Å². The van der Waals surface area contributed by atoms with E-state index in [1.54, 1.807) is 0 Å². The molecule has 0 amide bonds. The van der Waals surface area contributed by atoms with Gasteiger partial charge in [0.05, 0.1) is 0 Å². The fraction of sp³-hybridized carbons (Fsp3) is 0.769. The van der Waals surface area contributed by atoms with E-state index in [1.165, 1.54) is 116 Å². The molecule has 6 heterocycles. The molecule has 8 nitrogen and oxygen atoms in total. The summed E-state index contributed by atoms with van der Waals surface area (Å²) in [4.78, 5) is 21.6. The average molecular weight is 467 g/mol. The number of hydrogen-bond acceptors (Lipinski definition) is 8. The lowest BCUT2D eigenvalue weighted by atomic mass is 10.1. The van der Waals surface area contributed by atoms with E-state index in [9.17, 15) is 0 Å². The van der Waals surface area contributed by atoms with Gasteiger partial charge in [-0.3, -0.25) is 39.2 Å². The molecular formula is C26H42N8. The zero-order valence-electron chi connectivity index (χ0n) is 20.8. The van der Waals surface area contributed by atoms with Crippen molar-refractivity contribution >= 4 is 0 Å². The van der Waals surface area contributed by atoms with Gasteiger partial charge in [-0.25, -0.2) is 0 Å². The Morgan fingerprint density at radius 2 is 0.735 bits per heavy atom. The minimum Gasteiger partial charge on any atom is -0.297 e. The molecular weight excluding hydrogens is 424 g/mol. The summed E-state index contributed by atoms with van der Waals surface area (Å²) in [7, 11) is 0. The van der Waals surface area contributed by atoms with Crippen molar-refractivity contribution in [2.45, 2.75) is 25.7 Å². The molecule has 0 bridgehead atoms. The smallest absolute Gasteiger partial charge is 0.119 e. The van der Waals surface area contributed by atoms with Crippen LogP contribution >= 0.6 is 0 Å². The first-order chi connectivity index (χ1) is 16.8. The molecule has 7 rings (SSSR count). The van der Waals surface area contributed by atoms with Crippen LogP contribution in [0.4, 0.5) is 0 Å². The predicted molar refractivity (Wildman–Crippen MR) is 134 cm³/mol. The average Bonchev–Trinajstić information content (AvgIpc) is 3.57. The molecule has 6 saturated heterocycles. The summed E-state index contributed by atoms with van der Waals surface area (Å²) in [6, 6.07) is 9.48. The maximum atomic E-state index is 2.71. The highest BCUT2D eigenvalue weighted by atomic mass is 15.6. The minimum absolute atomic E-state index is 0.600. The van der Waals surface area contributed by atoms with Crippen LogP contribution in [0.2, 0.25) is 0 Å². The summed E-state index contributed by atoms with van der Waals surface area (Å²) in [5, 5.41) is 0.